The van der Waals surface area contributed by atoms with E-state index in [9.17, 15) is 0 Å². The van der Waals surface area contributed by atoms with E-state index in [0.29, 0.717) is 29.6 Å². The lowest BCUT2D eigenvalue weighted by Crippen LogP contribution is -2.17. The van der Waals surface area contributed by atoms with E-state index in [2.05, 4.69) is 547 Å². The highest BCUT2D eigenvalue weighted by Crippen LogP contribution is 2.45. The standard InChI is InChI=1S/C32H32N2.C30H36N2.C28H32N2.C25H26N2.C24H24N2/c1-21(2)27-19-26(24-12-8-6-9-13-24)20-28(22(3)4)31(27)34-30-17-16-23(5)18-29(30)33-32(34)25-14-10-7-11-15-25;1-21-16-17-26-25(18-21)31-28(22-12-9-8-10-13-22)32(26)27-23(19-29(2,3)4)14-11-15-24(27)20-30(5,6)7;1-19(2)16-23-12-9-13-24(17-20(3)4)27(23)30-26-15-14-21(5)18-25(26)29-28(30)22-10-7-6-8-11-22;1-18-14-15-23-21(16-18)26-24(19-10-6-5-7-11-19)27(23)22-13-9-8-12-20(22)17-25(2,3)4;1-17(2)15-20-11-7-8-12-22(20)26-23-14-13-18(3)16-21(23)25-24(26)19-9-5-4-6-10-19/h6-22H,1-5H3;8-18H,19-20H2,1-7H3;6-15,18-20H,16-17H2,1-5H3;5-16H,17H2,1-4H3;4-14,16-17H,15H2,1-3H3. The van der Waals surface area contributed by atoms with Crippen LogP contribution >= 0.6 is 0 Å². The van der Waals surface area contributed by atoms with Crippen LogP contribution in [0.15, 0.2) is 370 Å². The van der Waals surface area contributed by atoms with Crippen LogP contribution in [-0.2, 0) is 38.5 Å². The van der Waals surface area contributed by atoms with Crippen LogP contribution in [0.1, 0.15) is 216 Å². The van der Waals surface area contributed by atoms with Gasteiger partial charge in [0.2, 0.25) is 0 Å². The number of imidazole rings is 5. The molecule has 756 valence electrons. The van der Waals surface area contributed by atoms with Crippen LogP contribution in [0.3, 0.4) is 0 Å². The van der Waals surface area contributed by atoms with Crippen molar-refractivity contribution < 1.29 is 0 Å². The van der Waals surface area contributed by atoms with Gasteiger partial charge in [0.05, 0.1) is 83.6 Å². The fraction of sp³-hybridized carbons (Fsp3) is 0.273. The molecule has 0 unspecified atom stereocenters. The molecule has 0 atom stereocenters. The third-order valence-electron chi connectivity index (χ3n) is 27.3. The monoisotopic (exact) mass is 1960 g/mol. The quantitative estimate of drug-likeness (QED) is 0.0674. The molecule has 0 aliphatic heterocycles. The van der Waals surface area contributed by atoms with Crippen LogP contribution in [0.5, 0.6) is 0 Å². The highest BCUT2D eigenvalue weighted by Gasteiger charge is 2.30. The van der Waals surface area contributed by atoms with Gasteiger partial charge < -0.3 is 0 Å². The van der Waals surface area contributed by atoms with Crippen molar-refractivity contribution in [1.82, 2.24) is 47.8 Å². The summed E-state index contributed by atoms with van der Waals surface area (Å²) in [6.45, 7) is 54.3. The zero-order valence-corrected chi connectivity index (χ0v) is 92.3. The van der Waals surface area contributed by atoms with Gasteiger partial charge in [-0.25, -0.2) is 24.9 Å². The number of para-hydroxylation sites is 4. The fourth-order valence-corrected chi connectivity index (χ4v) is 20.9. The normalized spacial score (nSPS) is 11.8. The Hall–Kier alpha value is -15.1. The molecule has 0 saturated heterocycles. The Kier molecular flexibility index (Phi) is 32.3. The Labute approximate surface area is 886 Å². The first-order valence-electron chi connectivity index (χ1n) is 53.8. The van der Waals surface area contributed by atoms with Gasteiger partial charge in [-0.05, 0) is 287 Å². The molecule has 0 spiro atoms. The maximum absolute atomic E-state index is 5.16. The second-order valence-electron chi connectivity index (χ2n) is 46.4. The first-order chi connectivity index (χ1) is 71.4. The summed E-state index contributed by atoms with van der Waals surface area (Å²) < 4.78 is 11.9. The Balaban J connectivity index is 0.000000127. The van der Waals surface area contributed by atoms with Crippen molar-refractivity contribution in [1.29, 1.82) is 0 Å². The first-order valence-corrected chi connectivity index (χ1v) is 53.8. The van der Waals surface area contributed by atoms with Crippen LogP contribution in [0.4, 0.5) is 0 Å². The first kappa shape index (κ1) is 105. The molecule has 0 radical (unpaired) electrons. The molecular weight excluding hydrogens is 1810 g/mol. The zero-order valence-electron chi connectivity index (χ0n) is 92.3. The molecule has 10 nitrogen and oxygen atoms in total. The molecule has 5 aromatic heterocycles. The molecule has 149 heavy (non-hydrogen) atoms. The average Bonchev–Trinajstić information content (AvgIpc) is 1.80. The number of nitrogens with zero attached hydrogens (tertiary/aromatic N) is 10. The molecule has 5 heterocycles. The number of aryl methyl sites for hydroxylation is 5. The Morgan fingerprint density at radius 2 is 0.423 bits per heavy atom. The van der Waals surface area contributed by atoms with Gasteiger partial charge >= 0.3 is 0 Å². The van der Waals surface area contributed by atoms with Crippen LogP contribution < -0.4 is 0 Å². The van der Waals surface area contributed by atoms with Gasteiger partial charge in [-0.1, -0.05) is 417 Å². The average molecular weight is 1960 g/mol. The summed E-state index contributed by atoms with van der Waals surface area (Å²) in [7, 11) is 0. The third-order valence-corrected chi connectivity index (χ3v) is 27.3. The fourth-order valence-electron chi connectivity index (χ4n) is 20.9. The molecule has 0 aliphatic rings. The van der Waals surface area contributed by atoms with Crippen molar-refractivity contribution >= 4 is 55.2 Å². The molecule has 16 aromatic carbocycles. The molecule has 0 fully saturated rings. The predicted octanol–water partition coefficient (Wildman–Crippen LogP) is 37.3. The SMILES string of the molecule is Cc1ccc2c(c1)nc(-c1ccccc1)n2-c1c(C(C)C)cc(-c2ccccc2)cc1C(C)C.Cc1ccc2c(c1)nc(-c1ccccc1)n2-c1c(CC(C)(C)C)cccc1CC(C)(C)C.Cc1ccc2c(c1)nc(-c1ccccc1)n2-c1c(CC(C)C)cccc1CC(C)C.Cc1ccc2c(c1)nc(-c1ccccc1)n2-c1ccccc1CC(C)(C)C.Cc1ccc2c(c1)nc(-c1ccccc1)n2-c1ccccc1CC(C)C. The van der Waals surface area contributed by atoms with E-state index < -0.39 is 0 Å². The van der Waals surface area contributed by atoms with Crippen LogP contribution in [-0.4, -0.2) is 47.8 Å². The van der Waals surface area contributed by atoms with Crippen molar-refractivity contribution in [2.75, 3.05) is 0 Å². The van der Waals surface area contributed by atoms with E-state index in [-0.39, 0.29) is 16.2 Å². The maximum Gasteiger partial charge on any atom is 0.145 e. The summed E-state index contributed by atoms with van der Waals surface area (Å²) in [5, 5.41) is 0. The largest absolute Gasteiger partial charge is 0.292 e. The van der Waals surface area contributed by atoms with Gasteiger partial charge in [0.1, 0.15) is 29.1 Å². The summed E-state index contributed by atoms with van der Waals surface area (Å²) in [4.78, 5) is 25.5. The molecule has 0 bridgehead atoms. The molecule has 0 amide bonds. The lowest BCUT2D eigenvalue weighted by atomic mass is 9.83. The molecule has 0 N–H and O–H groups in total. The lowest BCUT2D eigenvalue weighted by molar-refractivity contribution is 0.404. The summed E-state index contributed by atoms with van der Waals surface area (Å²) in [5.41, 5.74) is 43.4. The van der Waals surface area contributed by atoms with Gasteiger partial charge in [0, 0.05) is 27.8 Å². The number of fused-ring (bicyclic) bond motifs is 5. The number of rotatable bonds is 22. The molecule has 0 saturated carbocycles. The third kappa shape index (κ3) is 24.8. The smallest absolute Gasteiger partial charge is 0.145 e. The van der Waals surface area contributed by atoms with Crippen molar-refractivity contribution in [2.24, 2.45) is 34.0 Å². The summed E-state index contributed by atoms with van der Waals surface area (Å²) in [6, 6.07) is 132. The molecule has 0 aliphatic carbocycles. The van der Waals surface area contributed by atoms with Crippen LogP contribution in [0.2, 0.25) is 0 Å². The second-order valence-corrected chi connectivity index (χ2v) is 46.4. The summed E-state index contributed by atoms with van der Waals surface area (Å²) >= 11 is 0. The number of hydrogen-bond donors (Lipinski definition) is 0. The lowest BCUT2D eigenvalue weighted by Gasteiger charge is -2.26. The van der Waals surface area contributed by atoms with E-state index in [1.165, 1.54) is 123 Å². The van der Waals surface area contributed by atoms with Crippen LogP contribution in [0.25, 0.3) is 152 Å². The van der Waals surface area contributed by atoms with E-state index >= 15 is 0 Å². The Bertz CT molecular complexity index is 8090. The maximum atomic E-state index is 5.16. The zero-order chi connectivity index (χ0) is 105. The van der Waals surface area contributed by atoms with Crippen LogP contribution in [0, 0.1) is 68.6 Å². The van der Waals surface area contributed by atoms with E-state index in [4.69, 9.17) is 24.9 Å². The highest BCUT2D eigenvalue weighted by atomic mass is 15.1. The minimum atomic E-state index is 0.189. The van der Waals surface area contributed by atoms with Crippen molar-refractivity contribution in [2.45, 2.75) is 217 Å². The number of hydrogen-bond acceptors (Lipinski definition) is 5. The molecule has 21 rings (SSSR count). The minimum Gasteiger partial charge on any atom is -0.292 e. The van der Waals surface area contributed by atoms with Gasteiger partial charge in [0.25, 0.3) is 0 Å². The van der Waals surface area contributed by atoms with Gasteiger partial charge in [-0.15, -0.1) is 0 Å². The topological polar surface area (TPSA) is 89.1 Å². The van der Waals surface area contributed by atoms with E-state index in [1.54, 1.807) is 0 Å². The van der Waals surface area contributed by atoms with Gasteiger partial charge in [-0.3, -0.25) is 22.8 Å². The van der Waals surface area contributed by atoms with E-state index in [0.717, 1.165) is 140 Å². The van der Waals surface area contributed by atoms with Gasteiger partial charge in [-0.2, -0.15) is 0 Å². The second kappa shape index (κ2) is 45.7. The molecular formula is C139H150N10. The highest BCUT2D eigenvalue weighted by molar-refractivity contribution is 5.90. The van der Waals surface area contributed by atoms with Gasteiger partial charge in [0.15, 0.2) is 0 Å². The Morgan fingerprint density at radius 3 is 0.711 bits per heavy atom. The number of benzene rings is 16. The Morgan fingerprint density at radius 1 is 0.201 bits per heavy atom. The minimum absolute atomic E-state index is 0.189. The van der Waals surface area contributed by atoms with Crippen molar-refractivity contribution in [3.05, 3.63) is 442 Å². The molecule has 10 heteroatoms. The summed E-state index contributed by atoms with van der Waals surface area (Å²) in [6.07, 6.45) is 6.21. The van der Waals surface area contributed by atoms with Crippen molar-refractivity contribution in [3.63, 3.8) is 0 Å². The predicted molar refractivity (Wildman–Crippen MR) is 635 cm³/mol. The number of aromatic nitrogens is 10. The van der Waals surface area contributed by atoms with E-state index in [1.807, 2.05) is 12.1 Å². The molecule has 21 aromatic rings. The summed E-state index contributed by atoms with van der Waals surface area (Å²) in [5.74, 6) is 7.56. The van der Waals surface area contributed by atoms with Crippen molar-refractivity contribution in [3.8, 4) is 96.5 Å².